The van der Waals surface area contributed by atoms with Crippen LogP contribution in [0.25, 0.3) is 0 Å². The zero-order valence-corrected chi connectivity index (χ0v) is 18.8. The zero-order valence-electron chi connectivity index (χ0n) is 17.2. The fraction of sp³-hybridized carbons (Fsp3) is 0.333. The zero-order chi connectivity index (χ0) is 22.4. The molecule has 31 heavy (non-hydrogen) atoms. The Morgan fingerprint density at radius 2 is 1.87 bits per heavy atom. The average molecular weight is 464 g/mol. The number of carbonyl (C=O) groups excluding carboxylic acids is 2. The van der Waals surface area contributed by atoms with Crippen LogP contribution in [0.4, 0.5) is 5.69 Å². The maximum atomic E-state index is 13.2. The van der Waals surface area contributed by atoms with Crippen molar-refractivity contribution < 1.29 is 22.7 Å². The summed E-state index contributed by atoms with van der Waals surface area (Å²) in [5, 5.41) is 2.81. The number of hydrogen-bond donors (Lipinski definition) is 2. The molecule has 166 valence electrons. The number of anilines is 1. The normalized spacial score (nSPS) is 14.9. The lowest BCUT2D eigenvalue weighted by Crippen LogP contribution is -2.41. The molecule has 0 unspecified atom stereocenters. The molecule has 0 radical (unpaired) electrons. The van der Waals surface area contributed by atoms with Crippen molar-refractivity contribution in [3.8, 4) is 0 Å². The highest BCUT2D eigenvalue weighted by atomic mass is 32.2. The molecule has 2 aromatic rings. The van der Waals surface area contributed by atoms with Gasteiger partial charge in [-0.2, -0.15) is 4.31 Å². The number of nitrogens with one attached hydrogen (secondary N) is 1. The van der Waals surface area contributed by atoms with Gasteiger partial charge < -0.3 is 15.8 Å². The van der Waals surface area contributed by atoms with Crippen molar-refractivity contribution in [2.75, 3.05) is 37.4 Å². The fourth-order valence-corrected chi connectivity index (χ4v) is 5.67. The predicted octanol–water partition coefficient (Wildman–Crippen LogP) is 2.10. The molecule has 1 heterocycles. The maximum Gasteiger partial charge on any atom is 0.255 e. The van der Waals surface area contributed by atoms with Crippen LogP contribution < -0.4 is 11.1 Å². The molecule has 0 spiro atoms. The number of amides is 2. The molecule has 1 fully saturated rings. The van der Waals surface area contributed by atoms with E-state index < -0.39 is 21.8 Å². The Morgan fingerprint density at radius 3 is 2.55 bits per heavy atom. The highest BCUT2D eigenvalue weighted by Gasteiger charge is 2.29. The summed E-state index contributed by atoms with van der Waals surface area (Å²) in [6.45, 7) is 3.14. The summed E-state index contributed by atoms with van der Waals surface area (Å²) in [5.74, 6) is -0.813. The van der Waals surface area contributed by atoms with E-state index in [2.05, 4.69) is 5.32 Å². The minimum Gasteiger partial charge on any atom is -0.379 e. The summed E-state index contributed by atoms with van der Waals surface area (Å²) < 4.78 is 33.0. The Hall–Kier alpha value is -2.40. The summed E-state index contributed by atoms with van der Waals surface area (Å²) >= 11 is 1.22. The molecular weight excluding hydrogens is 438 g/mol. The number of para-hydroxylation sites is 1. The third-order valence-corrected chi connectivity index (χ3v) is 7.88. The maximum absolute atomic E-state index is 13.2. The molecule has 2 aromatic carbocycles. The van der Waals surface area contributed by atoms with Gasteiger partial charge in [-0.3, -0.25) is 9.59 Å². The van der Waals surface area contributed by atoms with E-state index in [1.54, 1.807) is 36.4 Å². The third-order valence-electron chi connectivity index (χ3n) is 4.80. The van der Waals surface area contributed by atoms with E-state index in [-0.39, 0.29) is 29.3 Å². The SMILES string of the molecule is CCc1ccc(C(=O)Nc2ccccc2SCC(N)=O)cc1S(=O)(=O)N1CCOCC1. The van der Waals surface area contributed by atoms with E-state index in [0.29, 0.717) is 35.8 Å². The van der Waals surface area contributed by atoms with Crippen LogP contribution in [0.2, 0.25) is 0 Å². The van der Waals surface area contributed by atoms with Gasteiger partial charge in [-0.05, 0) is 36.2 Å². The summed E-state index contributed by atoms with van der Waals surface area (Å²) in [7, 11) is -3.74. The van der Waals surface area contributed by atoms with Crippen molar-refractivity contribution in [3.63, 3.8) is 0 Å². The van der Waals surface area contributed by atoms with E-state index in [0.717, 1.165) is 0 Å². The second-order valence-corrected chi connectivity index (χ2v) is 9.82. The highest BCUT2D eigenvalue weighted by molar-refractivity contribution is 8.00. The number of carbonyl (C=O) groups is 2. The van der Waals surface area contributed by atoms with Crippen LogP contribution >= 0.6 is 11.8 Å². The lowest BCUT2D eigenvalue weighted by Gasteiger charge is -2.27. The molecule has 1 saturated heterocycles. The number of sulfonamides is 1. The number of nitrogens with zero attached hydrogens (tertiary/aromatic N) is 1. The van der Waals surface area contributed by atoms with E-state index in [9.17, 15) is 18.0 Å². The average Bonchev–Trinajstić information content (AvgIpc) is 2.78. The van der Waals surface area contributed by atoms with Gasteiger partial charge in [0.1, 0.15) is 0 Å². The van der Waals surface area contributed by atoms with Gasteiger partial charge >= 0.3 is 0 Å². The van der Waals surface area contributed by atoms with Gasteiger partial charge in [0.05, 0.1) is 29.5 Å². The Morgan fingerprint density at radius 1 is 1.16 bits per heavy atom. The van der Waals surface area contributed by atoms with Crippen molar-refractivity contribution in [2.45, 2.75) is 23.1 Å². The first-order valence-corrected chi connectivity index (χ1v) is 12.3. The van der Waals surface area contributed by atoms with E-state index in [1.165, 1.54) is 22.1 Å². The molecule has 2 amide bonds. The largest absolute Gasteiger partial charge is 0.379 e. The number of hydrogen-bond acceptors (Lipinski definition) is 6. The Kier molecular flexibility index (Phi) is 7.71. The number of benzene rings is 2. The first-order chi connectivity index (χ1) is 14.8. The molecule has 3 rings (SSSR count). The van der Waals surface area contributed by atoms with Gasteiger partial charge in [-0.25, -0.2) is 8.42 Å². The van der Waals surface area contributed by atoms with E-state index in [4.69, 9.17) is 10.5 Å². The number of thioether (sulfide) groups is 1. The second kappa shape index (κ2) is 10.3. The van der Waals surface area contributed by atoms with Crippen LogP contribution in [0.1, 0.15) is 22.8 Å². The lowest BCUT2D eigenvalue weighted by molar-refractivity contribution is -0.115. The highest BCUT2D eigenvalue weighted by Crippen LogP contribution is 2.28. The third kappa shape index (κ3) is 5.65. The Bertz CT molecular complexity index is 1070. The van der Waals surface area contributed by atoms with Gasteiger partial charge in [0.15, 0.2) is 0 Å². The second-order valence-electron chi connectivity index (χ2n) is 6.90. The van der Waals surface area contributed by atoms with Crippen LogP contribution in [0.5, 0.6) is 0 Å². The molecule has 0 bridgehead atoms. The standard InChI is InChI=1S/C21H25N3O5S2/c1-2-15-7-8-16(13-19(15)31(27,28)24-9-11-29-12-10-24)21(26)23-17-5-3-4-6-18(17)30-14-20(22)25/h3-8,13H,2,9-12,14H2,1H3,(H2,22,25)(H,23,26). The smallest absolute Gasteiger partial charge is 0.255 e. The molecule has 8 nitrogen and oxygen atoms in total. The summed E-state index contributed by atoms with van der Waals surface area (Å²) in [6, 6.07) is 11.8. The first kappa shape index (κ1) is 23.3. The quantitative estimate of drug-likeness (QED) is 0.579. The molecule has 0 saturated carbocycles. The molecule has 0 aromatic heterocycles. The minimum absolute atomic E-state index is 0.0834. The van der Waals surface area contributed by atoms with Crippen molar-refractivity contribution in [2.24, 2.45) is 5.73 Å². The molecule has 1 aliphatic rings. The lowest BCUT2D eigenvalue weighted by atomic mass is 10.1. The van der Waals surface area contributed by atoms with Crippen LogP contribution in [0.15, 0.2) is 52.3 Å². The van der Waals surface area contributed by atoms with Crippen molar-refractivity contribution in [1.29, 1.82) is 0 Å². The van der Waals surface area contributed by atoms with Crippen LogP contribution in [-0.2, 0) is 26.0 Å². The number of nitrogens with two attached hydrogens (primary N) is 1. The van der Waals surface area contributed by atoms with Gasteiger partial charge in [0.2, 0.25) is 15.9 Å². The number of ether oxygens (including phenoxy) is 1. The molecule has 3 N–H and O–H groups in total. The number of aryl methyl sites for hydroxylation is 1. The van der Waals surface area contributed by atoms with Gasteiger partial charge in [-0.15, -0.1) is 11.8 Å². The first-order valence-electron chi connectivity index (χ1n) is 9.85. The van der Waals surface area contributed by atoms with Crippen molar-refractivity contribution >= 4 is 39.3 Å². The van der Waals surface area contributed by atoms with Crippen LogP contribution in [0, 0.1) is 0 Å². The number of rotatable bonds is 8. The van der Waals surface area contributed by atoms with E-state index >= 15 is 0 Å². The van der Waals surface area contributed by atoms with Gasteiger partial charge in [-0.1, -0.05) is 25.1 Å². The fourth-order valence-electron chi connectivity index (χ4n) is 3.19. The summed E-state index contributed by atoms with van der Waals surface area (Å²) in [6.07, 6.45) is 0.521. The Balaban J connectivity index is 1.88. The number of primary amides is 1. The number of morpholine rings is 1. The van der Waals surface area contributed by atoms with Gasteiger partial charge in [0, 0.05) is 23.5 Å². The monoisotopic (exact) mass is 463 g/mol. The molecule has 1 aliphatic heterocycles. The molecular formula is C21H25N3O5S2. The molecule has 0 atom stereocenters. The van der Waals surface area contributed by atoms with Crippen LogP contribution in [-0.4, -0.2) is 56.6 Å². The van der Waals surface area contributed by atoms with E-state index in [1.807, 2.05) is 6.92 Å². The van der Waals surface area contributed by atoms with Crippen molar-refractivity contribution in [1.82, 2.24) is 4.31 Å². The minimum atomic E-state index is -3.74. The van der Waals surface area contributed by atoms with Gasteiger partial charge in [0.25, 0.3) is 5.91 Å². The topological polar surface area (TPSA) is 119 Å². The van der Waals surface area contributed by atoms with Crippen molar-refractivity contribution in [3.05, 3.63) is 53.6 Å². The van der Waals surface area contributed by atoms with Crippen LogP contribution in [0.3, 0.4) is 0 Å². The molecule has 0 aliphatic carbocycles. The Labute approximate surface area is 186 Å². The predicted molar refractivity (Wildman–Crippen MR) is 120 cm³/mol. The molecule has 10 heteroatoms. The summed E-state index contributed by atoms with van der Waals surface area (Å²) in [4.78, 5) is 24.8. The summed E-state index contributed by atoms with van der Waals surface area (Å²) in [5.41, 5.74) is 6.63.